The maximum Gasteiger partial charge on any atom is 0.238 e. The van der Waals surface area contributed by atoms with Gasteiger partial charge in [-0.2, -0.15) is 0 Å². The van der Waals surface area contributed by atoms with Crippen LogP contribution in [-0.4, -0.2) is 35.4 Å². The SMILES string of the molecule is Cc1ccc(NC(=O)CCC(=O)NNC(=O)CCCCC(=O)NNC(=O)CCC(=O)Nc2ccc(C)c(C)c2)cc1C. The van der Waals surface area contributed by atoms with Crippen LogP contribution in [0.1, 0.15) is 73.6 Å². The number of nitrogens with one attached hydrogen (secondary N) is 6. The largest absolute Gasteiger partial charge is 0.326 e. The van der Waals surface area contributed by atoms with Gasteiger partial charge < -0.3 is 10.6 Å². The minimum atomic E-state index is -0.503. The number of unbranched alkanes of at least 4 members (excludes halogenated alkanes) is 1. The van der Waals surface area contributed by atoms with Gasteiger partial charge >= 0.3 is 0 Å². The predicted molar refractivity (Wildman–Crippen MR) is 159 cm³/mol. The molecule has 2 aromatic rings. The zero-order valence-electron chi connectivity index (χ0n) is 24.6. The minimum Gasteiger partial charge on any atom is -0.326 e. The summed E-state index contributed by atoms with van der Waals surface area (Å²) in [5.74, 6) is -2.50. The van der Waals surface area contributed by atoms with Crippen LogP contribution >= 0.6 is 0 Å². The molecule has 2 rings (SSSR count). The Bertz CT molecular complexity index is 1210. The first kappa shape index (κ1) is 33.5. The van der Waals surface area contributed by atoms with E-state index in [0.717, 1.165) is 22.3 Å². The van der Waals surface area contributed by atoms with Gasteiger partial charge in [-0.05, 0) is 87.1 Å². The second kappa shape index (κ2) is 17.2. The van der Waals surface area contributed by atoms with E-state index in [9.17, 15) is 28.8 Å². The van der Waals surface area contributed by atoms with Crippen LogP contribution in [0.5, 0.6) is 0 Å². The highest BCUT2D eigenvalue weighted by atomic mass is 16.2. The third-order valence-electron chi connectivity index (χ3n) is 6.48. The summed E-state index contributed by atoms with van der Waals surface area (Å²) in [5.41, 5.74) is 14.7. The standard InChI is InChI=1S/C30H40N6O6/c1-19-9-11-23(17-21(19)3)31-25(37)13-15-29(41)35-33-27(39)7-5-6-8-28(40)34-36-30(42)16-14-26(38)32-24-12-10-20(2)22(4)18-24/h9-12,17-18H,5-8,13-16H2,1-4H3,(H,31,37)(H,32,38)(H,33,39)(H,34,40)(H,35,41)(H,36,42). The molecule has 0 fully saturated rings. The van der Waals surface area contributed by atoms with Crippen molar-refractivity contribution in [3.63, 3.8) is 0 Å². The van der Waals surface area contributed by atoms with E-state index in [2.05, 4.69) is 32.3 Å². The maximum atomic E-state index is 12.1. The molecule has 6 amide bonds. The number of aryl methyl sites for hydroxylation is 4. The topological polar surface area (TPSA) is 175 Å². The minimum absolute atomic E-state index is 0.0410. The van der Waals surface area contributed by atoms with Gasteiger partial charge in [-0.15, -0.1) is 0 Å². The number of amides is 6. The van der Waals surface area contributed by atoms with Gasteiger partial charge in [0.05, 0.1) is 0 Å². The summed E-state index contributed by atoms with van der Waals surface area (Å²) in [6.07, 6.45) is 0.618. The molecule has 0 aliphatic rings. The number of hydrogen-bond donors (Lipinski definition) is 6. The molecule has 0 spiro atoms. The molecule has 12 heteroatoms. The van der Waals surface area contributed by atoms with Crippen LogP contribution in [0.2, 0.25) is 0 Å². The number of carbonyl (C=O) groups excluding carboxylic acids is 6. The lowest BCUT2D eigenvalue weighted by molar-refractivity contribution is -0.130. The zero-order chi connectivity index (χ0) is 31.1. The van der Waals surface area contributed by atoms with Crippen molar-refractivity contribution >= 4 is 46.8 Å². The first-order valence-corrected chi connectivity index (χ1v) is 13.8. The number of carbonyl (C=O) groups is 6. The second-order valence-electron chi connectivity index (χ2n) is 10.1. The van der Waals surface area contributed by atoms with E-state index in [4.69, 9.17) is 0 Å². The average molecular weight is 581 g/mol. The normalized spacial score (nSPS) is 10.3. The fraction of sp³-hybridized carbons (Fsp3) is 0.400. The monoisotopic (exact) mass is 580 g/mol. The third-order valence-corrected chi connectivity index (χ3v) is 6.48. The van der Waals surface area contributed by atoms with E-state index < -0.39 is 23.6 Å². The summed E-state index contributed by atoms with van der Waals surface area (Å²) in [5, 5.41) is 5.46. The third kappa shape index (κ3) is 13.1. The zero-order valence-corrected chi connectivity index (χ0v) is 24.6. The van der Waals surface area contributed by atoms with Gasteiger partial charge in [0.25, 0.3) is 0 Å². The summed E-state index contributed by atoms with van der Waals surface area (Å²) in [4.78, 5) is 71.8. The highest BCUT2D eigenvalue weighted by Gasteiger charge is 2.11. The van der Waals surface area contributed by atoms with E-state index >= 15 is 0 Å². The Balaban J connectivity index is 1.50. The molecule has 0 atom stereocenters. The maximum absolute atomic E-state index is 12.1. The molecule has 0 aliphatic heterocycles. The van der Waals surface area contributed by atoms with Gasteiger partial charge in [-0.3, -0.25) is 50.5 Å². The van der Waals surface area contributed by atoms with E-state index in [-0.39, 0.29) is 50.3 Å². The van der Waals surface area contributed by atoms with Crippen molar-refractivity contribution in [1.82, 2.24) is 21.7 Å². The van der Waals surface area contributed by atoms with Crippen molar-refractivity contribution in [2.75, 3.05) is 10.6 Å². The van der Waals surface area contributed by atoms with E-state index in [0.29, 0.717) is 24.2 Å². The van der Waals surface area contributed by atoms with Crippen molar-refractivity contribution in [3.05, 3.63) is 58.7 Å². The van der Waals surface area contributed by atoms with Crippen molar-refractivity contribution in [2.24, 2.45) is 0 Å². The van der Waals surface area contributed by atoms with E-state index in [1.54, 1.807) is 12.1 Å². The number of anilines is 2. The quantitative estimate of drug-likeness (QED) is 0.157. The molecule has 0 unspecified atom stereocenters. The van der Waals surface area contributed by atoms with E-state index in [1.165, 1.54) is 0 Å². The highest BCUT2D eigenvalue weighted by molar-refractivity contribution is 5.94. The molecule has 6 N–H and O–H groups in total. The summed E-state index contributed by atoms with van der Waals surface area (Å²) >= 11 is 0. The molecular weight excluding hydrogens is 540 g/mol. The van der Waals surface area contributed by atoms with Gasteiger partial charge in [0.15, 0.2) is 0 Å². The van der Waals surface area contributed by atoms with Gasteiger partial charge in [0.2, 0.25) is 35.4 Å². The summed E-state index contributed by atoms with van der Waals surface area (Å²) in [6.45, 7) is 7.83. The van der Waals surface area contributed by atoms with Crippen molar-refractivity contribution in [3.8, 4) is 0 Å². The smallest absolute Gasteiger partial charge is 0.238 e. The van der Waals surface area contributed by atoms with Gasteiger partial charge in [-0.1, -0.05) is 12.1 Å². The summed E-state index contributed by atoms with van der Waals surface area (Å²) < 4.78 is 0. The molecule has 2 aromatic carbocycles. The van der Waals surface area contributed by atoms with Gasteiger partial charge in [0.1, 0.15) is 0 Å². The molecule has 0 saturated carbocycles. The van der Waals surface area contributed by atoms with Crippen molar-refractivity contribution < 1.29 is 28.8 Å². The number of benzene rings is 2. The molecule has 0 bridgehead atoms. The number of hydrazine groups is 2. The Morgan fingerprint density at radius 2 is 0.738 bits per heavy atom. The highest BCUT2D eigenvalue weighted by Crippen LogP contribution is 2.15. The predicted octanol–water partition coefficient (Wildman–Crippen LogP) is 2.91. The Morgan fingerprint density at radius 3 is 1.07 bits per heavy atom. The molecule has 42 heavy (non-hydrogen) atoms. The fourth-order valence-electron chi connectivity index (χ4n) is 3.64. The average Bonchev–Trinajstić information content (AvgIpc) is 2.94. The number of rotatable bonds is 13. The Labute approximate surface area is 245 Å². The first-order chi connectivity index (χ1) is 19.9. The lowest BCUT2D eigenvalue weighted by Crippen LogP contribution is -2.42. The van der Waals surface area contributed by atoms with Gasteiger partial charge in [0, 0.05) is 49.9 Å². The van der Waals surface area contributed by atoms with E-state index in [1.807, 2.05) is 52.0 Å². The van der Waals surface area contributed by atoms with Crippen molar-refractivity contribution in [1.29, 1.82) is 0 Å². The van der Waals surface area contributed by atoms with Crippen molar-refractivity contribution in [2.45, 2.75) is 79.1 Å². The van der Waals surface area contributed by atoms with Crippen LogP contribution in [0.4, 0.5) is 11.4 Å². The van der Waals surface area contributed by atoms with Crippen LogP contribution in [0.25, 0.3) is 0 Å². The molecule has 0 aromatic heterocycles. The fourth-order valence-corrected chi connectivity index (χ4v) is 3.64. The molecule has 12 nitrogen and oxygen atoms in total. The first-order valence-electron chi connectivity index (χ1n) is 13.8. The molecular formula is C30H40N6O6. The molecule has 0 radical (unpaired) electrons. The van der Waals surface area contributed by atoms with Crippen LogP contribution < -0.4 is 32.3 Å². The van der Waals surface area contributed by atoms with Crippen LogP contribution in [0, 0.1) is 27.7 Å². The second-order valence-corrected chi connectivity index (χ2v) is 10.1. The summed E-state index contributed by atoms with van der Waals surface area (Å²) in [7, 11) is 0. The van der Waals surface area contributed by atoms with Crippen LogP contribution in [0.15, 0.2) is 36.4 Å². The molecule has 0 heterocycles. The lowest BCUT2D eigenvalue weighted by atomic mass is 10.1. The van der Waals surface area contributed by atoms with Crippen LogP contribution in [-0.2, 0) is 28.8 Å². The Morgan fingerprint density at radius 1 is 0.429 bits per heavy atom. The Hall–Kier alpha value is -4.74. The van der Waals surface area contributed by atoms with Gasteiger partial charge in [-0.25, -0.2) is 0 Å². The molecule has 0 aliphatic carbocycles. The lowest BCUT2D eigenvalue weighted by Gasteiger charge is -2.09. The number of hydrogen-bond acceptors (Lipinski definition) is 6. The summed E-state index contributed by atoms with van der Waals surface area (Å²) in [6, 6.07) is 11.1. The Kier molecular flexibility index (Phi) is 13.7. The van der Waals surface area contributed by atoms with Crippen LogP contribution in [0.3, 0.4) is 0 Å². The molecule has 226 valence electrons. The molecule has 0 saturated heterocycles.